The van der Waals surface area contributed by atoms with Gasteiger partial charge in [-0.2, -0.15) is 0 Å². The van der Waals surface area contributed by atoms with E-state index >= 15 is 0 Å². The molecule has 1 N–H and O–H groups in total. The Bertz CT molecular complexity index is 868. The third-order valence-corrected chi connectivity index (χ3v) is 4.53. The molecule has 0 spiro atoms. The van der Waals surface area contributed by atoms with Crippen LogP contribution in [0.4, 0.5) is 0 Å². The summed E-state index contributed by atoms with van der Waals surface area (Å²) < 4.78 is 5.72. The quantitative estimate of drug-likeness (QED) is 0.596. The van der Waals surface area contributed by atoms with E-state index < -0.39 is 0 Å². The van der Waals surface area contributed by atoms with Crippen LogP contribution in [-0.2, 0) is 12.8 Å². The first-order valence-electron chi connectivity index (χ1n) is 9.10. The predicted molar refractivity (Wildman–Crippen MR) is 103 cm³/mol. The van der Waals surface area contributed by atoms with Crippen LogP contribution in [0.3, 0.4) is 0 Å². The van der Waals surface area contributed by atoms with Gasteiger partial charge in [-0.25, -0.2) is 0 Å². The van der Waals surface area contributed by atoms with Gasteiger partial charge < -0.3 is 9.72 Å². The average Bonchev–Trinajstić information content (AvgIpc) is 2.65. The Balaban J connectivity index is 1.55. The van der Waals surface area contributed by atoms with Crippen molar-refractivity contribution in [2.45, 2.75) is 39.0 Å². The number of unbranched alkanes of at least 4 members (excludes halogenated alkanes) is 2. The van der Waals surface area contributed by atoms with Crippen LogP contribution in [0.25, 0.3) is 10.9 Å². The third-order valence-electron chi connectivity index (χ3n) is 4.53. The van der Waals surface area contributed by atoms with Gasteiger partial charge in [0.15, 0.2) is 5.43 Å². The summed E-state index contributed by atoms with van der Waals surface area (Å²) in [5.74, 6) is 0.926. The number of ether oxygens (including phenoxy) is 1. The second-order valence-corrected chi connectivity index (χ2v) is 6.28. The SMILES string of the molecule is CCc1c(CCCCCOc2ccccc2)[nH]c2ccccc2c1=O. The Kier molecular flexibility index (Phi) is 5.89. The zero-order valence-electron chi connectivity index (χ0n) is 14.8. The van der Waals surface area contributed by atoms with Crippen molar-refractivity contribution in [3.63, 3.8) is 0 Å². The van der Waals surface area contributed by atoms with E-state index in [0.29, 0.717) is 0 Å². The number of hydrogen-bond acceptors (Lipinski definition) is 2. The molecule has 0 saturated carbocycles. The van der Waals surface area contributed by atoms with Crippen LogP contribution in [0.15, 0.2) is 59.4 Å². The van der Waals surface area contributed by atoms with Crippen LogP contribution in [0.5, 0.6) is 5.75 Å². The Morgan fingerprint density at radius 3 is 2.48 bits per heavy atom. The lowest BCUT2D eigenvalue weighted by Gasteiger charge is -2.10. The van der Waals surface area contributed by atoms with Crippen LogP contribution in [0.1, 0.15) is 37.4 Å². The van der Waals surface area contributed by atoms with Crippen LogP contribution in [0.2, 0.25) is 0 Å². The maximum absolute atomic E-state index is 12.6. The summed E-state index contributed by atoms with van der Waals surface area (Å²) in [4.78, 5) is 16.1. The lowest BCUT2D eigenvalue weighted by atomic mass is 10.0. The topological polar surface area (TPSA) is 42.1 Å². The average molecular weight is 335 g/mol. The van der Waals surface area contributed by atoms with E-state index in [1.54, 1.807) is 0 Å². The molecule has 1 aromatic heterocycles. The smallest absolute Gasteiger partial charge is 0.192 e. The first kappa shape index (κ1) is 17.3. The summed E-state index contributed by atoms with van der Waals surface area (Å²) in [6, 6.07) is 17.7. The van der Waals surface area contributed by atoms with Gasteiger partial charge in [-0.3, -0.25) is 4.79 Å². The maximum atomic E-state index is 12.6. The highest BCUT2D eigenvalue weighted by molar-refractivity contribution is 5.79. The number of hydrogen-bond donors (Lipinski definition) is 1. The predicted octanol–water partition coefficient (Wildman–Crippen LogP) is 4.88. The maximum Gasteiger partial charge on any atom is 0.192 e. The number of fused-ring (bicyclic) bond motifs is 1. The zero-order valence-corrected chi connectivity index (χ0v) is 14.8. The van der Waals surface area contributed by atoms with Crippen LogP contribution < -0.4 is 10.2 Å². The molecular formula is C22H25NO2. The van der Waals surface area contributed by atoms with Gasteiger partial charge in [0.1, 0.15) is 5.75 Å². The molecule has 0 bridgehead atoms. The monoisotopic (exact) mass is 335 g/mol. The molecule has 0 unspecified atom stereocenters. The summed E-state index contributed by atoms with van der Waals surface area (Å²) in [6.45, 7) is 2.79. The number of aromatic nitrogens is 1. The van der Waals surface area contributed by atoms with E-state index in [9.17, 15) is 4.79 Å². The molecule has 0 amide bonds. The van der Waals surface area contributed by atoms with Crippen molar-refractivity contribution in [2.75, 3.05) is 6.61 Å². The summed E-state index contributed by atoms with van der Waals surface area (Å²) in [5, 5.41) is 0.791. The molecule has 0 radical (unpaired) electrons. The van der Waals surface area contributed by atoms with Crippen LogP contribution >= 0.6 is 0 Å². The van der Waals surface area contributed by atoms with E-state index in [1.165, 1.54) is 0 Å². The van der Waals surface area contributed by atoms with E-state index in [2.05, 4.69) is 11.9 Å². The summed E-state index contributed by atoms with van der Waals surface area (Å²) in [6.07, 6.45) is 4.85. The molecule has 25 heavy (non-hydrogen) atoms. The molecule has 0 aliphatic carbocycles. The minimum absolute atomic E-state index is 0.180. The Morgan fingerprint density at radius 1 is 0.920 bits per heavy atom. The first-order chi connectivity index (χ1) is 12.3. The highest BCUT2D eigenvalue weighted by atomic mass is 16.5. The highest BCUT2D eigenvalue weighted by Crippen LogP contribution is 2.15. The second-order valence-electron chi connectivity index (χ2n) is 6.28. The number of para-hydroxylation sites is 2. The molecular weight excluding hydrogens is 310 g/mol. The molecule has 2 aromatic carbocycles. The van der Waals surface area contributed by atoms with Gasteiger partial charge in [0, 0.05) is 22.2 Å². The molecule has 3 heteroatoms. The number of aryl methyl sites for hydroxylation is 1. The second kappa shape index (κ2) is 8.52. The van der Waals surface area contributed by atoms with Crippen LogP contribution in [-0.4, -0.2) is 11.6 Å². The third kappa shape index (κ3) is 4.30. The molecule has 0 aliphatic heterocycles. The highest BCUT2D eigenvalue weighted by Gasteiger charge is 2.09. The molecule has 0 atom stereocenters. The van der Waals surface area contributed by atoms with Crippen molar-refractivity contribution in [1.29, 1.82) is 0 Å². The normalized spacial score (nSPS) is 10.9. The molecule has 3 nitrogen and oxygen atoms in total. The van der Waals surface area contributed by atoms with Gasteiger partial charge in [-0.15, -0.1) is 0 Å². The zero-order chi connectivity index (χ0) is 17.5. The van der Waals surface area contributed by atoms with Gasteiger partial charge in [-0.05, 0) is 56.4 Å². The molecule has 0 saturated heterocycles. The number of aromatic amines is 1. The number of pyridine rings is 1. The van der Waals surface area contributed by atoms with Crippen molar-refractivity contribution in [1.82, 2.24) is 4.98 Å². The fourth-order valence-corrected chi connectivity index (χ4v) is 3.20. The minimum atomic E-state index is 0.180. The van der Waals surface area contributed by atoms with E-state index in [-0.39, 0.29) is 5.43 Å². The lowest BCUT2D eigenvalue weighted by Crippen LogP contribution is -2.14. The van der Waals surface area contributed by atoms with Crippen molar-refractivity contribution in [2.24, 2.45) is 0 Å². The van der Waals surface area contributed by atoms with E-state index in [4.69, 9.17) is 4.74 Å². The molecule has 0 aliphatic rings. The van der Waals surface area contributed by atoms with E-state index in [1.807, 2.05) is 54.6 Å². The van der Waals surface area contributed by atoms with E-state index in [0.717, 1.165) is 66.6 Å². The standard InChI is InChI=1S/C22H25NO2/c1-2-18-20(23-21-15-9-8-13-19(21)22(18)24)14-7-4-10-16-25-17-11-5-3-6-12-17/h3,5-6,8-9,11-13,15H,2,4,7,10,14,16H2,1H3,(H,23,24). The van der Waals surface area contributed by atoms with Gasteiger partial charge in [0.05, 0.1) is 6.61 Å². The fourth-order valence-electron chi connectivity index (χ4n) is 3.20. The molecule has 1 heterocycles. The molecule has 0 fully saturated rings. The van der Waals surface area contributed by atoms with Gasteiger partial charge in [0.25, 0.3) is 0 Å². The van der Waals surface area contributed by atoms with Crippen molar-refractivity contribution < 1.29 is 4.74 Å². The first-order valence-corrected chi connectivity index (χ1v) is 9.10. The van der Waals surface area contributed by atoms with Gasteiger partial charge in [0.2, 0.25) is 0 Å². The van der Waals surface area contributed by atoms with Gasteiger partial charge in [-0.1, -0.05) is 37.3 Å². The summed E-state index contributed by atoms with van der Waals surface area (Å²) in [7, 11) is 0. The molecule has 3 aromatic rings. The molecule has 130 valence electrons. The summed E-state index contributed by atoms with van der Waals surface area (Å²) in [5.41, 5.74) is 3.14. The van der Waals surface area contributed by atoms with Gasteiger partial charge >= 0.3 is 0 Å². The van der Waals surface area contributed by atoms with Crippen LogP contribution in [0, 0.1) is 0 Å². The minimum Gasteiger partial charge on any atom is -0.494 e. The largest absolute Gasteiger partial charge is 0.494 e. The Morgan fingerprint density at radius 2 is 1.68 bits per heavy atom. The number of nitrogens with one attached hydrogen (secondary N) is 1. The van der Waals surface area contributed by atoms with Crippen molar-refractivity contribution in [3.05, 3.63) is 76.1 Å². The number of benzene rings is 2. The number of rotatable bonds is 8. The Hall–Kier alpha value is -2.55. The molecule has 3 rings (SSSR count). The number of H-pyrrole nitrogens is 1. The lowest BCUT2D eigenvalue weighted by molar-refractivity contribution is 0.305. The van der Waals surface area contributed by atoms with Crippen molar-refractivity contribution >= 4 is 10.9 Å². The Labute approximate surface area is 148 Å². The summed E-state index contributed by atoms with van der Waals surface area (Å²) >= 11 is 0. The van der Waals surface area contributed by atoms with Crippen molar-refractivity contribution in [3.8, 4) is 5.75 Å². The fraction of sp³-hybridized carbons (Fsp3) is 0.318.